The number of carbonyl (C=O) groups excluding carboxylic acids is 1. The van der Waals surface area contributed by atoms with Crippen molar-refractivity contribution in [1.29, 1.82) is 0 Å². The van der Waals surface area contributed by atoms with Crippen LogP contribution in [0.3, 0.4) is 0 Å². The molecule has 3 aromatic rings. The monoisotopic (exact) mass is 255 g/mol. The van der Waals surface area contributed by atoms with E-state index < -0.39 is 5.97 Å². The van der Waals surface area contributed by atoms with Crippen molar-refractivity contribution in [2.24, 2.45) is 0 Å². The van der Waals surface area contributed by atoms with Crippen LogP contribution in [0.15, 0.2) is 48.5 Å². The third-order valence-corrected chi connectivity index (χ3v) is 2.63. The van der Waals surface area contributed by atoms with Gasteiger partial charge in [0.1, 0.15) is 5.52 Å². The largest absolute Gasteiger partial charge is 0.420 e. The SMILES string of the molecule is O=C(Oc1cccc2c1nnn2O)c1ccccc1. The third kappa shape index (κ3) is 1.99. The number of ether oxygens (including phenoxy) is 1. The fraction of sp³-hybridized carbons (Fsp3) is 0. The molecule has 0 aliphatic carbocycles. The Morgan fingerprint density at radius 1 is 1.11 bits per heavy atom. The molecule has 0 amide bonds. The maximum atomic E-state index is 11.9. The molecule has 0 spiro atoms. The summed E-state index contributed by atoms with van der Waals surface area (Å²) in [5, 5.41) is 16.6. The standard InChI is InChI=1S/C13H9N3O3/c17-13(9-5-2-1-3-6-9)19-11-8-4-7-10-12(11)14-15-16(10)18/h1-8,18H. The molecular formula is C13H9N3O3. The van der Waals surface area contributed by atoms with Gasteiger partial charge in [0.25, 0.3) is 0 Å². The van der Waals surface area contributed by atoms with Gasteiger partial charge >= 0.3 is 5.97 Å². The molecular weight excluding hydrogens is 246 g/mol. The predicted octanol–water partition coefficient (Wildman–Crippen LogP) is 1.89. The average Bonchev–Trinajstić information content (AvgIpc) is 2.83. The van der Waals surface area contributed by atoms with Crippen LogP contribution in [0.2, 0.25) is 0 Å². The van der Waals surface area contributed by atoms with Gasteiger partial charge in [0.15, 0.2) is 11.3 Å². The molecule has 0 saturated heterocycles. The van der Waals surface area contributed by atoms with Crippen LogP contribution < -0.4 is 4.74 Å². The number of nitrogens with zero attached hydrogens (tertiary/aromatic N) is 3. The number of benzene rings is 2. The Labute approximate surface area is 107 Å². The highest BCUT2D eigenvalue weighted by Crippen LogP contribution is 2.23. The molecule has 0 radical (unpaired) electrons. The molecule has 19 heavy (non-hydrogen) atoms. The molecule has 0 fully saturated rings. The number of esters is 1. The molecule has 1 heterocycles. The Morgan fingerprint density at radius 3 is 2.68 bits per heavy atom. The van der Waals surface area contributed by atoms with Gasteiger partial charge < -0.3 is 9.94 Å². The lowest BCUT2D eigenvalue weighted by molar-refractivity contribution is 0.0736. The molecule has 2 aromatic carbocycles. The van der Waals surface area contributed by atoms with E-state index in [2.05, 4.69) is 10.3 Å². The van der Waals surface area contributed by atoms with E-state index in [0.29, 0.717) is 21.4 Å². The first-order chi connectivity index (χ1) is 9.25. The first-order valence-corrected chi connectivity index (χ1v) is 5.56. The Hall–Kier alpha value is -2.89. The summed E-state index contributed by atoms with van der Waals surface area (Å²) in [7, 11) is 0. The summed E-state index contributed by atoms with van der Waals surface area (Å²) < 4.78 is 5.26. The first kappa shape index (κ1) is 11.2. The Balaban J connectivity index is 1.96. The van der Waals surface area contributed by atoms with E-state index in [-0.39, 0.29) is 5.75 Å². The highest BCUT2D eigenvalue weighted by atomic mass is 16.5. The lowest BCUT2D eigenvalue weighted by atomic mass is 10.2. The van der Waals surface area contributed by atoms with E-state index in [0.717, 1.165) is 0 Å². The number of hydrogen-bond donors (Lipinski definition) is 1. The summed E-state index contributed by atoms with van der Waals surface area (Å²) in [6, 6.07) is 13.5. The van der Waals surface area contributed by atoms with Crippen molar-refractivity contribution in [2.45, 2.75) is 0 Å². The van der Waals surface area contributed by atoms with Crippen LogP contribution >= 0.6 is 0 Å². The van der Waals surface area contributed by atoms with Gasteiger partial charge in [0.2, 0.25) is 0 Å². The molecule has 3 rings (SSSR count). The number of aromatic nitrogens is 3. The number of fused-ring (bicyclic) bond motifs is 1. The molecule has 6 heteroatoms. The smallest absolute Gasteiger partial charge is 0.343 e. The van der Waals surface area contributed by atoms with Crippen molar-refractivity contribution < 1.29 is 14.7 Å². The van der Waals surface area contributed by atoms with Gasteiger partial charge in [-0.2, -0.15) is 0 Å². The number of carbonyl (C=O) groups is 1. The summed E-state index contributed by atoms with van der Waals surface area (Å²) in [6.45, 7) is 0. The van der Waals surface area contributed by atoms with E-state index in [1.807, 2.05) is 6.07 Å². The van der Waals surface area contributed by atoms with Crippen LogP contribution in [-0.4, -0.2) is 26.3 Å². The van der Waals surface area contributed by atoms with E-state index in [1.54, 1.807) is 42.5 Å². The van der Waals surface area contributed by atoms with Crippen LogP contribution in [-0.2, 0) is 0 Å². The van der Waals surface area contributed by atoms with Gasteiger partial charge in [-0.3, -0.25) is 0 Å². The van der Waals surface area contributed by atoms with E-state index in [9.17, 15) is 10.0 Å². The fourth-order valence-corrected chi connectivity index (χ4v) is 1.72. The van der Waals surface area contributed by atoms with Crippen LogP contribution in [0.5, 0.6) is 5.75 Å². The second kappa shape index (κ2) is 4.41. The van der Waals surface area contributed by atoms with E-state index >= 15 is 0 Å². The van der Waals surface area contributed by atoms with Crippen molar-refractivity contribution in [3.63, 3.8) is 0 Å². The van der Waals surface area contributed by atoms with Crippen LogP contribution in [0.25, 0.3) is 11.0 Å². The second-order valence-electron chi connectivity index (χ2n) is 3.86. The lowest BCUT2D eigenvalue weighted by Gasteiger charge is -2.04. The molecule has 0 saturated carbocycles. The topological polar surface area (TPSA) is 77.2 Å². The molecule has 1 N–H and O–H groups in total. The van der Waals surface area contributed by atoms with Crippen molar-refractivity contribution >= 4 is 17.0 Å². The summed E-state index contributed by atoms with van der Waals surface area (Å²) in [5.41, 5.74) is 1.14. The highest BCUT2D eigenvalue weighted by Gasteiger charge is 2.13. The lowest BCUT2D eigenvalue weighted by Crippen LogP contribution is -2.08. The van der Waals surface area contributed by atoms with Gasteiger partial charge in [-0.25, -0.2) is 4.79 Å². The average molecular weight is 255 g/mol. The van der Waals surface area contributed by atoms with Crippen molar-refractivity contribution in [3.05, 3.63) is 54.1 Å². The maximum Gasteiger partial charge on any atom is 0.343 e. The third-order valence-electron chi connectivity index (χ3n) is 2.63. The Bertz CT molecular complexity index is 737. The van der Waals surface area contributed by atoms with Gasteiger partial charge in [-0.1, -0.05) is 29.1 Å². The zero-order valence-corrected chi connectivity index (χ0v) is 9.72. The zero-order valence-electron chi connectivity index (χ0n) is 9.72. The highest BCUT2D eigenvalue weighted by molar-refractivity contribution is 5.93. The molecule has 94 valence electrons. The van der Waals surface area contributed by atoms with E-state index in [4.69, 9.17) is 4.74 Å². The van der Waals surface area contributed by atoms with Gasteiger partial charge in [0, 0.05) is 0 Å². The summed E-state index contributed by atoms with van der Waals surface area (Å²) in [4.78, 5) is 12.6. The van der Waals surface area contributed by atoms with Crippen LogP contribution in [0.4, 0.5) is 0 Å². The minimum atomic E-state index is -0.486. The molecule has 0 aliphatic heterocycles. The Morgan fingerprint density at radius 2 is 1.89 bits per heavy atom. The minimum Gasteiger partial charge on any atom is -0.420 e. The molecule has 0 unspecified atom stereocenters. The molecule has 0 aliphatic rings. The number of rotatable bonds is 2. The second-order valence-corrected chi connectivity index (χ2v) is 3.86. The van der Waals surface area contributed by atoms with Gasteiger partial charge in [-0.15, -0.1) is 5.10 Å². The van der Waals surface area contributed by atoms with Crippen LogP contribution in [0, 0.1) is 0 Å². The van der Waals surface area contributed by atoms with E-state index in [1.165, 1.54) is 0 Å². The fourth-order valence-electron chi connectivity index (χ4n) is 1.72. The normalized spacial score (nSPS) is 10.5. The predicted molar refractivity (Wildman–Crippen MR) is 66.1 cm³/mol. The van der Waals surface area contributed by atoms with Crippen molar-refractivity contribution in [2.75, 3.05) is 0 Å². The molecule has 1 aromatic heterocycles. The van der Waals surface area contributed by atoms with Crippen LogP contribution in [0.1, 0.15) is 10.4 Å². The number of hydrogen-bond acceptors (Lipinski definition) is 5. The quantitative estimate of drug-likeness (QED) is 0.430. The summed E-state index contributed by atoms with van der Waals surface area (Å²) in [5.74, 6) is -0.229. The minimum absolute atomic E-state index is 0.256. The van der Waals surface area contributed by atoms with Gasteiger partial charge in [-0.05, 0) is 29.5 Å². The summed E-state index contributed by atoms with van der Waals surface area (Å²) in [6.07, 6.45) is 0. The maximum absolute atomic E-state index is 11.9. The molecule has 6 nitrogen and oxygen atoms in total. The Kier molecular flexibility index (Phi) is 2.60. The zero-order chi connectivity index (χ0) is 13.2. The van der Waals surface area contributed by atoms with Crippen molar-refractivity contribution in [3.8, 4) is 5.75 Å². The first-order valence-electron chi connectivity index (χ1n) is 5.56. The molecule has 0 atom stereocenters. The van der Waals surface area contributed by atoms with Crippen molar-refractivity contribution in [1.82, 2.24) is 15.2 Å². The summed E-state index contributed by atoms with van der Waals surface area (Å²) >= 11 is 0. The molecule has 0 bridgehead atoms. The van der Waals surface area contributed by atoms with Gasteiger partial charge in [0.05, 0.1) is 5.56 Å².